The Labute approximate surface area is 125 Å². The van der Waals surface area contributed by atoms with E-state index < -0.39 is 0 Å². The Balaban J connectivity index is 1.41. The van der Waals surface area contributed by atoms with Crippen molar-refractivity contribution in [3.8, 4) is 5.88 Å². The van der Waals surface area contributed by atoms with E-state index in [1.165, 1.54) is 12.8 Å². The second kappa shape index (κ2) is 6.87. The molecule has 0 radical (unpaired) electrons. The van der Waals surface area contributed by atoms with Crippen LogP contribution in [0, 0.1) is 5.92 Å². The molecule has 0 bridgehead atoms. The van der Waals surface area contributed by atoms with Crippen LogP contribution in [0.4, 0.5) is 0 Å². The number of aromatic nitrogens is 2. The lowest BCUT2D eigenvalue weighted by Gasteiger charge is -2.29. The summed E-state index contributed by atoms with van der Waals surface area (Å²) in [6, 6.07) is 0.319. The normalized spacial score (nSPS) is 26.5. The van der Waals surface area contributed by atoms with E-state index in [4.69, 9.17) is 4.74 Å². The lowest BCUT2D eigenvalue weighted by atomic mass is 9.92. The van der Waals surface area contributed by atoms with Gasteiger partial charge in [-0.3, -0.25) is 9.78 Å². The van der Waals surface area contributed by atoms with Gasteiger partial charge in [0.15, 0.2) is 0 Å². The minimum atomic E-state index is 0.196. The molecule has 2 aliphatic carbocycles. The van der Waals surface area contributed by atoms with Crippen molar-refractivity contribution in [3.05, 3.63) is 18.6 Å². The van der Waals surface area contributed by atoms with Gasteiger partial charge in [-0.2, -0.15) is 0 Å². The molecule has 114 valence electrons. The fourth-order valence-electron chi connectivity index (χ4n) is 3.35. The second-order valence-corrected chi connectivity index (χ2v) is 6.13. The zero-order valence-electron chi connectivity index (χ0n) is 12.3. The van der Waals surface area contributed by atoms with Crippen molar-refractivity contribution in [1.82, 2.24) is 15.3 Å². The molecule has 2 aliphatic rings. The van der Waals surface area contributed by atoms with Crippen LogP contribution in [0.1, 0.15) is 51.4 Å². The van der Waals surface area contributed by atoms with E-state index in [1.54, 1.807) is 18.6 Å². The number of carbonyl (C=O) groups excluding carboxylic acids is 1. The summed E-state index contributed by atoms with van der Waals surface area (Å²) in [7, 11) is 0. The third-order valence-electron chi connectivity index (χ3n) is 4.57. The Morgan fingerprint density at radius 1 is 1.10 bits per heavy atom. The fraction of sp³-hybridized carbons (Fsp3) is 0.688. The van der Waals surface area contributed by atoms with Gasteiger partial charge in [0.1, 0.15) is 6.10 Å². The van der Waals surface area contributed by atoms with Crippen LogP contribution in [0.3, 0.4) is 0 Å². The van der Waals surface area contributed by atoms with Crippen LogP contribution in [0.25, 0.3) is 0 Å². The minimum Gasteiger partial charge on any atom is -0.473 e. The Morgan fingerprint density at radius 3 is 2.52 bits per heavy atom. The highest BCUT2D eigenvalue weighted by atomic mass is 16.5. The Kier molecular flexibility index (Phi) is 4.68. The summed E-state index contributed by atoms with van der Waals surface area (Å²) in [5, 5.41) is 3.22. The van der Waals surface area contributed by atoms with Crippen LogP contribution >= 0.6 is 0 Å². The number of hydrogen-bond acceptors (Lipinski definition) is 4. The molecule has 0 saturated heterocycles. The van der Waals surface area contributed by atoms with Crippen LogP contribution in [0.5, 0.6) is 5.88 Å². The quantitative estimate of drug-likeness (QED) is 0.925. The molecule has 5 nitrogen and oxygen atoms in total. The number of nitrogens with zero attached hydrogens (tertiary/aromatic N) is 2. The number of carbonyl (C=O) groups is 1. The lowest BCUT2D eigenvalue weighted by Crippen LogP contribution is -2.42. The monoisotopic (exact) mass is 289 g/mol. The zero-order valence-corrected chi connectivity index (χ0v) is 12.3. The van der Waals surface area contributed by atoms with Gasteiger partial charge in [0.05, 0.1) is 6.20 Å². The zero-order chi connectivity index (χ0) is 14.5. The predicted molar refractivity (Wildman–Crippen MR) is 78.8 cm³/mol. The van der Waals surface area contributed by atoms with Crippen LogP contribution in [-0.4, -0.2) is 28.0 Å². The highest BCUT2D eigenvalue weighted by Gasteiger charge is 2.28. The highest BCUT2D eigenvalue weighted by molar-refractivity contribution is 5.79. The molecular weight excluding hydrogens is 266 g/mol. The van der Waals surface area contributed by atoms with Gasteiger partial charge in [0.25, 0.3) is 0 Å². The topological polar surface area (TPSA) is 64.1 Å². The van der Waals surface area contributed by atoms with Gasteiger partial charge in [-0.25, -0.2) is 4.98 Å². The van der Waals surface area contributed by atoms with E-state index in [0.717, 1.165) is 38.5 Å². The molecule has 0 aliphatic heterocycles. The first-order valence-electron chi connectivity index (χ1n) is 8.04. The number of amides is 1. The summed E-state index contributed by atoms with van der Waals surface area (Å²) in [4.78, 5) is 20.3. The molecule has 1 aromatic rings. The van der Waals surface area contributed by atoms with Crippen molar-refractivity contribution in [1.29, 1.82) is 0 Å². The third-order valence-corrected chi connectivity index (χ3v) is 4.57. The average molecular weight is 289 g/mol. The number of rotatable bonds is 4. The van der Waals surface area contributed by atoms with Gasteiger partial charge in [0, 0.05) is 24.4 Å². The number of nitrogens with one attached hydrogen (secondary N) is 1. The molecule has 0 spiro atoms. The third kappa shape index (κ3) is 3.93. The fourth-order valence-corrected chi connectivity index (χ4v) is 3.35. The molecule has 2 saturated carbocycles. The molecule has 3 rings (SSSR count). The first-order chi connectivity index (χ1) is 10.3. The molecule has 5 heteroatoms. The SMILES string of the molecule is O=C(NC1CCC(Oc2cnccn2)CC1)C1CCCC1. The predicted octanol–water partition coefficient (Wildman–Crippen LogP) is 2.47. The molecule has 21 heavy (non-hydrogen) atoms. The van der Waals surface area contributed by atoms with Crippen LogP contribution < -0.4 is 10.1 Å². The van der Waals surface area contributed by atoms with Gasteiger partial charge in [-0.1, -0.05) is 12.8 Å². The van der Waals surface area contributed by atoms with Gasteiger partial charge >= 0.3 is 0 Å². The molecule has 2 fully saturated rings. The van der Waals surface area contributed by atoms with E-state index >= 15 is 0 Å². The summed E-state index contributed by atoms with van der Waals surface area (Å²) in [6.45, 7) is 0. The first kappa shape index (κ1) is 14.3. The van der Waals surface area contributed by atoms with E-state index in [0.29, 0.717) is 11.9 Å². The van der Waals surface area contributed by atoms with Crippen molar-refractivity contribution < 1.29 is 9.53 Å². The largest absolute Gasteiger partial charge is 0.473 e. The van der Waals surface area contributed by atoms with E-state index in [1.807, 2.05) is 0 Å². The van der Waals surface area contributed by atoms with Crippen molar-refractivity contribution in [2.45, 2.75) is 63.5 Å². The molecule has 0 atom stereocenters. The number of hydrogen-bond donors (Lipinski definition) is 1. The van der Waals surface area contributed by atoms with Crippen molar-refractivity contribution >= 4 is 5.91 Å². The van der Waals surface area contributed by atoms with Gasteiger partial charge < -0.3 is 10.1 Å². The van der Waals surface area contributed by atoms with Crippen LogP contribution in [0.15, 0.2) is 18.6 Å². The highest BCUT2D eigenvalue weighted by Crippen LogP contribution is 2.27. The first-order valence-corrected chi connectivity index (χ1v) is 8.04. The van der Waals surface area contributed by atoms with Crippen molar-refractivity contribution in [2.75, 3.05) is 0 Å². The van der Waals surface area contributed by atoms with E-state index in [9.17, 15) is 4.79 Å². The molecule has 1 aromatic heterocycles. The summed E-state index contributed by atoms with van der Waals surface area (Å²) < 4.78 is 5.82. The standard InChI is InChI=1S/C16H23N3O2/c20-16(12-3-1-2-4-12)19-13-5-7-14(8-6-13)21-15-11-17-9-10-18-15/h9-14H,1-8H2,(H,19,20). The second-order valence-electron chi connectivity index (χ2n) is 6.13. The Morgan fingerprint density at radius 2 is 1.86 bits per heavy atom. The maximum absolute atomic E-state index is 12.1. The maximum atomic E-state index is 12.1. The molecular formula is C16H23N3O2. The molecule has 1 amide bonds. The Bertz CT molecular complexity index is 452. The summed E-state index contributed by atoms with van der Waals surface area (Å²) in [5.41, 5.74) is 0. The van der Waals surface area contributed by atoms with Gasteiger partial charge in [-0.15, -0.1) is 0 Å². The van der Waals surface area contributed by atoms with Crippen molar-refractivity contribution in [2.24, 2.45) is 5.92 Å². The van der Waals surface area contributed by atoms with Crippen molar-refractivity contribution in [3.63, 3.8) is 0 Å². The minimum absolute atomic E-state index is 0.196. The number of ether oxygens (including phenoxy) is 1. The molecule has 1 N–H and O–H groups in total. The average Bonchev–Trinajstić information content (AvgIpc) is 3.05. The molecule has 0 aromatic carbocycles. The van der Waals surface area contributed by atoms with Gasteiger partial charge in [0.2, 0.25) is 11.8 Å². The summed E-state index contributed by atoms with van der Waals surface area (Å²) in [6.07, 6.45) is 13.6. The molecule has 1 heterocycles. The van der Waals surface area contributed by atoms with Gasteiger partial charge in [-0.05, 0) is 38.5 Å². The summed E-state index contributed by atoms with van der Waals surface area (Å²) >= 11 is 0. The molecule has 0 unspecified atom stereocenters. The van der Waals surface area contributed by atoms with E-state index in [2.05, 4.69) is 15.3 Å². The van der Waals surface area contributed by atoms with Crippen LogP contribution in [0.2, 0.25) is 0 Å². The Hall–Kier alpha value is -1.65. The smallest absolute Gasteiger partial charge is 0.232 e. The van der Waals surface area contributed by atoms with E-state index in [-0.39, 0.29) is 17.9 Å². The maximum Gasteiger partial charge on any atom is 0.232 e. The summed E-state index contributed by atoms with van der Waals surface area (Å²) in [5.74, 6) is 1.13. The lowest BCUT2D eigenvalue weighted by molar-refractivity contribution is -0.125. The van der Waals surface area contributed by atoms with Crippen LogP contribution in [-0.2, 0) is 4.79 Å².